The van der Waals surface area contributed by atoms with Gasteiger partial charge in [0.2, 0.25) is 0 Å². The number of benzene rings is 1. The van der Waals surface area contributed by atoms with Crippen molar-refractivity contribution < 1.29 is 24.2 Å². The summed E-state index contributed by atoms with van der Waals surface area (Å²) in [5.74, 6) is -0.479. The van der Waals surface area contributed by atoms with Gasteiger partial charge in [-0.1, -0.05) is 0 Å². The number of ether oxygens (including phenoxy) is 2. The zero-order valence-electron chi connectivity index (χ0n) is 14.7. The number of H-pyrrole nitrogens is 1. The Kier molecular flexibility index (Phi) is 4.94. The van der Waals surface area contributed by atoms with Crippen molar-refractivity contribution in [2.24, 2.45) is 5.41 Å². The summed E-state index contributed by atoms with van der Waals surface area (Å²) in [6.45, 7) is 0.548. The summed E-state index contributed by atoms with van der Waals surface area (Å²) in [5, 5.41) is 16.4. The SMILES string of the molecule is COCC1(C(=O)O)CCN(C(=O)c2cn[nH]c2-c2ccc(OC)cc2)C1. The zero-order valence-corrected chi connectivity index (χ0v) is 14.7. The van der Waals surface area contributed by atoms with E-state index in [4.69, 9.17) is 9.47 Å². The molecule has 1 amide bonds. The summed E-state index contributed by atoms with van der Waals surface area (Å²) < 4.78 is 10.2. The third-order valence-corrected chi connectivity index (χ3v) is 4.76. The third kappa shape index (κ3) is 3.15. The lowest BCUT2D eigenvalue weighted by molar-refractivity contribution is -0.151. The van der Waals surface area contributed by atoms with Crippen molar-refractivity contribution in [1.29, 1.82) is 0 Å². The van der Waals surface area contributed by atoms with Crippen molar-refractivity contribution in [3.8, 4) is 17.0 Å². The smallest absolute Gasteiger partial charge is 0.313 e. The van der Waals surface area contributed by atoms with E-state index in [9.17, 15) is 14.7 Å². The van der Waals surface area contributed by atoms with Gasteiger partial charge in [0.25, 0.3) is 5.91 Å². The number of likely N-dealkylation sites (tertiary alicyclic amines) is 1. The molecule has 1 aliphatic rings. The molecule has 0 spiro atoms. The van der Waals surface area contributed by atoms with Crippen molar-refractivity contribution in [2.75, 3.05) is 33.9 Å². The van der Waals surface area contributed by atoms with Gasteiger partial charge in [-0.3, -0.25) is 14.7 Å². The monoisotopic (exact) mass is 359 g/mol. The predicted molar refractivity (Wildman–Crippen MR) is 93.0 cm³/mol. The molecule has 3 rings (SSSR count). The second-order valence-corrected chi connectivity index (χ2v) is 6.38. The second kappa shape index (κ2) is 7.17. The standard InChI is InChI=1S/C18H21N3O5/c1-25-11-18(17(23)24)7-8-21(10-18)16(22)14-9-19-20-15(14)12-3-5-13(26-2)6-4-12/h3-6,9H,7-8,10-11H2,1-2H3,(H,19,20)(H,23,24). The number of hydrogen-bond donors (Lipinski definition) is 2. The maximum absolute atomic E-state index is 12.9. The van der Waals surface area contributed by atoms with Crippen molar-refractivity contribution >= 4 is 11.9 Å². The van der Waals surface area contributed by atoms with Crippen LogP contribution < -0.4 is 4.74 Å². The van der Waals surface area contributed by atoms with Gasteiger partial charge in [-0.2, -0.15) is 5.10 Å². The van der Waals surface area contributed by atoms with E-state index < -0.39 is 11.4 Å². The molecular formula is C18H21N3O5. The van der Waals surface area contributed by atoms with Crippen LogP contribution in [-0.2, 0) is 9.53 Å². The number of aromatic amines is 1. The van der Waals surface area contributed by atoms with Crippen LogP contribution in [0.1, 0.15) is 16.8 Å². The van der Waals surface area contributed by atoms with Gasteiger partial charge in [0, 0.05) is 25.8 Å². The maximum Gasteiger partial charge on any atom is 0.313 e. The number of aromatic nitrogens is 2. The minimum atomic E-state index is -1.06. The first-order valence-corrected chi connectivity index (χ1v) is 8.20. The summed E-state index contributed by atoms with van der Waals surface area (Å²) >= 11 is 0. The highest BCUT2D eigenvalue weighted by atomic mass is 16.5. The highest BCUT2D eigenvalue weighted by Gasteiger charge is 2.46. The fourth-order valence-electron chi connectivity index (χ4n) is 3.27. The van der Waals surface area contributed by atoms with E-state index in [-0.39, 0.29) is 19.1 Å². The molecule has 8 heteroatoms. The van der Waals surface area contributed by atoms with Gasteiger partial charge in [-0.25, -0.2) is 0 Å². The molecule has 1 aromatic carbocycles. The van der Waals surface area contributed by atoms with E-state index in [0.717, 1.165) is 5.56 Å². The number of carbonyl (C=O) groups excluding carboxylic acids is 1. The quantitative estimate of drug-likeness (QED) is 0.813. The molecule has 2 N–H and O–H groups in total. The van der Waals surface area contributed by atoms with E-state index in [1.54, 1.807) is 24.1 Å². The molecule has 0 bridgehead atoms. The lowest BCUT2D eigenvalue weighted by Gasteiger charge is -2.23. The number of nitrogens with one attached hydrogen (secondary N) is 1. The molecule has 0 saturated carbocycles. The Hall–Kier alpha value is -2.87. The number of rotatable bonds is 6. The molecule has 8 nitrogen and oxygen atoms in total. The number of nitrogens with zero attached hydrogens (tertiary/aromatic N) is 2. The molecule has 2 aromatic rings. The van der Waals surface area contributed by atoms with Gasteiger partial charge in [0.1, 0.15) is 11.2 Å². The zero-order chi connectivity index (χ0) is 18.7. The minimum Gasteiger partial charge on any atom is -0.497 e. The largest absolute Gasteiger partial charge is 0.497 e. The van der Waals surface area contributed by atoms with E-state index >= 15 is 0 Å². The van der Waals surface area contributed by atoms with Crippen LogP contribution in [0, 0.1) is 5.41 Å². The molecule has 0 radical (unpaired) electrons. The molecule has 1 atom stereocenters. The average molecular weight is 359 g/mol. The third-order valence-electron chi connectivity index (χ3n) is 4.76. The number of carbonyl (C=O) groups is 2. The van der Waals surface area contributed by atoms with Gasteiger partial charge < -0.3 is 19.5 Å². The molecule has 2 heterocycles. The summed E-state index contributed by atoms with van der Waals surface area (Å²) in [6.07, 6.45) is 1.83. The molecule has 138 valence electrons. The van der Waals surface area contributed by atoms with Crippen LogP contribution >= 0.6 is 0 Å². The van der Waals surface area contributed by atoms with Gasteiger partial charge in [0.15, 0.2) is 0 Å². The second-order valence-electron chi connectivity index (χ2n) is 6.38. The molecule has 1 fully saturated rings. The molecule has 1 unspecified atom stereocenters. The van der Waals surface area contributed by atoms with Crippen LogP contribution in [0.5, 0.6) is 5.75 Å². The molecular weight excluding hydrogens is 338 g/mol. The normalized spacial score (nSPS) is 19.5. The van der Waals surface area contributed by atoms with Gasteiger partial charge in [0.05, 0.1) is 31.2 Å². The Morgan fingerprint density at radius 3 is 2.65 bits per heavy atom. The van der Waals surface area contributed by atoms with Crippen LogP contribution in [0.3, 0.4) is 0 Å². The van der Waals surface area contributed by atoms with Crippen molar-refractivity contribution in [3.63, 3.8) is 0 Å². The molecule has 26 heavy (non-hydrogen) atoms. The van der Waals surface area contributed by atoms with Crippen LogP contribution in [0.4, 0.5) is 0 Å². The lowest BCUT2D eigenvalue weighted by Crippen LogP contribution is -2.40. The van der Waals surface area contributed by atoms with Crippen molar-refractivity contribution in [3.05, 3.63) is 36.0 Å². The minimum absolute atomic E-state index is 0.0723. The first-order valence-electron chi connectivity index (χ1n) is 8.20. The topological polar surface area (TPSA) is 105 Å². The van der Waals surface area contributed by atoms with Gasteiger partial charge in [-0.05, 0) is 30.7 Å². The highest BCUT2D eigenvalue weighted by Crippen LogP contribution is 2.33. The van der Waals surface area contributed by atoms with Crippen LogP contribution in [0.25, 0.3) is 11.3 Å². The number of carboxylic acid groups (broad SMARTS) is 1. The van der Waals surface area contributed by atoms with Gasteiger partial charge >= 0.3 is 5.97 Å². The Morgan fingerprint density at radius 2 is 2.04 bits per heavy atom. The summed E-state index contributed by atoms with van der Waals surface area (Å²) in [4.78, 5) is 26.2. The van der Waals surface area contributed by atoms with Gasteiger partial charge in [-0.15, -0.1) is 0 Å². The first-order chi connectivity index (χ1) is 12.5. The lowest BCUT2D eigenvalue weighted by atomic mass is 9.88. The Bertz CT molecular complexity index is 801. The number of aliphatic carboxylic acids is 1. The fraction of sp³-hybridized carbons (Fsp3) is 0.389. The van der Waals surface area contributed by atoms with Crippen LogP contribution in [0.2, 0.25) is 0 Å². The summed E-state index contributed by atoms with van der Waals surface area (Å²) in [5.41, 5.74) is 0.743. The first kappa shape index (κ1) is 17.9. The van der Waals surface area contributed by atoms with Crippen LogP contribution in [0.15, 0.2) is 30.5 Å². The van der Waals surface area contributed by atoms with E-state index in [2.05, 4.69) is 10.2 Å². The average Bonchev–Trinajstić information content (AvgIpc) is 3.30. The fourth-order valence-corrected chi connectivity index (χ4v) is 3.27. The summed E-state index contributed by atoms with van der Waals surface area (Å²) in [6, 6.07) is 7.27. The predicted octanol–water partition coefficient (Wildman–Crippen LogP) is 1.65. The highest BCUT2D eigenvalue weighted by molar-refractivity contribution is 6.00. The van der Waals surface area contributed by atoms with Crippen molar-refractivity contribution in [1.82, 2.24) is 15.1 Å². The Labute approximate surface area is 150 Å². The number of carboxylic acids is 1. The molecule has 1 aromatic heterocycles. The van der Waals surface area contributed by atoms with Crippen molar-refractivity contribution in [2.45, 2.75) is 6.42 Å². The number of methoxy groups -OCH3 is 2. The maximum atomic E-state index is 12.9. The Balaban J connectivity index is 1.83. The van der Waals surface area contributed by atoms with E-state index in [1.807, 2.05) is 12.1 Å². The Morgan fingerprint density at radius 1 is 1.31 bits per heavy atom. The van der Waals surface area contributed by atoms with Crippen LogP contribution in [-0.4, -0.2) is 66.0 Å². The number of amides is 1. The molecule has 0 aliphatic carbocycles. The molecule has 1 saturated heterocycles. The number of hydrogen-bond acceptors (Lipinski definition) is 5. The summed E-state index contributed by atoms with van der Waals surface area (Å²) in [7, 11) is 3.05. The van der Waals surface area contributed by atoms with E-state index in [0.29, 0.717) is 30.0 Å². The van der Waals surface area contributed by atoms with E-state index in [1.165, 1.54) is 13.3 Å². The molecule has 1 aliphatic heterocycles.